The molecule has 8 heteroatoms. The van der Waals surface area contributed by atoms with Crippen LogP contribution in [0.4, 0.5) is 8.78 Å². The Morgan fingerprint density at radius 2 is 1.95 bits per heavy atom. The lowest BCUT2D eigenvalue weighted by molar-refractivity contribution is 0.452. The number of nitrogens with zero attached hydrogens (tertiary/aromatic N) is 2. The smallest absolute Gasteiger partial charge is 0.248 e. The fourth-order valence-corrected chi connectivity index (χ4v) is 3.57. The van der Waals surface area contributed by atoms with E-state index in [1.54, 1.807) is 6.07 Å². The summed E-state index contributed by atoms with van der Waals surface area (Å²) in [6.07, 6.45) is 0.443. The molecule has 0 unspecified atom stereocenters. The second kappa shape index (κ2) is 4.85. The Labute approximate surface area is 109 Å². The van der Waals surface area contributed by atoms with Crippen molar-refractivity contribution in [2.75, 3.05) is 13.1 Å². The van der Waals surface area contributed by atoms with Crippen LogP contribution < -0.4 is 5.73 Å². The maximum Gasteiger partial charge on any atom is 0.248 e. The van der Waals surface area contributed by atoms with Crippen LogP contribution >= 0.6 is 0 Å². The largest absolute Gasteiger partial charge is 0.326 e. The van der Waals surface area contributed by atoms with Crippen molar-refractivity contribution in [2.45, 2.75) is 17.4 Å². The Morgan fingerprint density at radius 3 is 2.37 bits per heavy atom. The fraction of sp³-hybridized carbons (Fsp3) is 0.364. The van der Waals surface area contributed by atoms with Crippen LogP contribution in [0.15, 0.2) is 17.0 Å². The first-order valence-corrected chi connectivity index (χ1v) is 6.95. The zero-order valence-corrected chi connectivity index (χ0v) is 10.6. The molecule has 19 heavy (non-hydrogen) atoms. The van der Waals surface area contributed by atoms with Crippen molar-refractivity contribution in [3.63, 3.8) is 0 Å². The van der Waals surface area contributed by atoms with Crippen LogP contribution in [-0.2, 0) is 10.0 Å². The van der Waals surface area contributed by atoms with Crippen LogP contribution in [0.3, 0.4) is 0 Å². The molecule has 0 aliphatic carbocycles. The molecule has 0 radical (unpaired) electrons. The number of nitriles is 1. The summed E-state index contributed by atoms with van der Waals surface area (Å²) in [6, 6.07) is 2.62. The summed E-state index contributed by atoms with van der Waals surface area (Å²) < 4.78 is 52.6. The Morgan fingerprint density at radius 1 is 1.37 bits per heavy atom. The van der Waals surface area contributed by atoms with E-state index in [0.29, 0.717) is 18.6 Å². The molecule has 1 atom stereocenters. The minimum atomic E-state index is -4.26. The van der Waals surface area contributed by atoms with Gasteiger partial charge in [-0.1, -0.05) is 0 Å². The Hall–Kier alpha value is -1.56. The lowest BCUT2D eigenvalue weighted by Gasteiger charge is -2.16. The van der Waals surface area contributed by atoms with Crippen molar-refractivity contribution in [1.29, 1.82) is 5.26 Å². The number of hydrogen-bond donors (Lipinski definition) is 1. The third-order valence-electron chi connectivity index (χ3n) is 2.91. The summed E-state index contributed by atoms with van der Waals surface area (Å²) >= 11 is 0. The summed E-state index contributed by atoms with van der Waals surface area (Å²) in [4.78, 5) is -1.03. The molecule has 1 aliphatic rings. The lowest BCUT2D eigenvalue weighted by atomic mass is 10.2. The molecule has 1 heterocycles. The second-order valence-electron chi connectivity index (χ2n) is 4.29. The van der Waals surface area contributed by atoms with E-state index in [1.165, 1.54) is 0 Å². The van der Waals surface area contributed by atoms with E-state index >= 15 is 0 Å². The average Bonchev–Trinajstić information content (AvgIpc) is 2.75. The van der Waals surface area contributed by atoms with Crippen molar-refractivity contribution in [3.8, 4) is 6.07 Å². The van der Waals surface area contributed by atoms with Gasteiger partial charge >= 0.3 is 0 Å². The highest BCUT2D eigenvalue weighted by molar-refractivity contribution is 7.89. The van der Waals surface area contributed by atoms with Crippen molar-refractivity contribution in [3.05, 3.63) is 29.3 Å². The van der Waals surface area contributed by atoms with E-state index in [0.717, 1.165) is 4.31 Å². The van der Waals surface area contributed by atoms with Gasteiger partial charge < -0.3 is 5.73 Å². The van der Waals surface area contributed by atoms with E-state index in [4.69, 9.17) is 11.0 Å². The highest BCUT2D eigenvalue weighted by atomic mass is 32.2. The predicted molar refractivity (Wildman–Crippen MR) is 62.4 cm³/mol. The van der Waals surface area contributed by atoms with Crippen LogP contribution in [0.25, 0.3) is 0 Å². The molecule has 5 nitrogen and oxygen atoms in total. The maximum absolute atomic E-state index is 13.7. The minimum absolute atomic E-state index is 0.0290. The van der Waals surface area contributed by atoms with E-state index in [2.05, 4.69) is 0 Å². The second-order valence-corrected chi connectivity index (χ2v) is 6.17. The molecular weight excluding hydrogens is 276 g/mol. The predicted octanol–water partition coefficient (Wildman–Crippen LogP) is 0.558. The number of sulfonamides is 1. The zero-order valence-electron chi connectivity index (χ0n) is 9.81. The molecule has 1 aromatic carbocycles. The first-order chi connectivity index (χ1) is 8.86. The van der Waals surface area contributed by atoms with Gasteiger partial charge in [-0.2, -0.15) is 9.57 Å². The van der Waals surface area contributed by atoms with Gasteiger partial charge in [-0.05, 0) is 18.6 Å². The summed E-state index contributed by atoms with van der Waals surface area (Å²) in [5.74, 6) is -2.53. The van der Waals surface area contributed by atoms with Crippen molar-refractivity contribution in [2.24, 2.45) is 5.73 Å². The molecule has 0 aromatic heterocycles. The van der Waals surface area contributed by atoms with Crippen molar-refractivity contribution < 1.29 is 17.2 Å². The molecular formula is C11H11F2N3O2S. The van der Waals surface area contributed by atoms with Crippen LogP contribution in [0.5, 0.6) is 0 Å². The lowest BCUT2D eigenvalue weighted by Crippen LogP contribution is -2.33. The molecule has 0 spiro atoms. The highest BCUT2D eigenvalue weighted by Crippen LogP contribution is 2.26. The molecule has 1 saturated heterocycles. The molecule has 0 bridgehead atoms. The first kappa shape index (κ1) is 13.9. The van der Waals surface area contributed by atoms with Crippen molar-refractivity contribution >= 4 is 10.0 Å². The SMILES string of the molecule is N#Cc1cc(F)c(S(=O)(=O)N2CC[C@@H](N)C2)c(F)c1. The number of halogens is 2. The van der Waals surface area contributed by atoms with Crippen LogP contribution in [-0.4, -0.2) is 31.9 Å². The normalized spacial score (nSPS) is 20.4. The molecule has 1 aromatic rings. The Balaban J connectivity index is 2.50. The van der Waals surface area contributed by atoms with E-state index in [-0.39, 0.29) is 24.7 Å². The first-order valence-electron chi connectivity index (χ1n) is 5.51. The topological polar surface area (TPSA) is 87.2 Å². The van der Waals surface area contributed by atoms with Crippen LogP contribution in [0, 0.1) is 23.0 Å². The minimum Gasteiger partial charge on any atom is -0.326 e. The molecule has 0 saturated carbocycles. The molecule has 102 valence electrons. The number of rotatable bonds is 2. The highest BCUT2D eigenvalue weighted by Gasteiger charge is 2.35. The van der Waals surface area contributed by atoms with Gasteiger partial charge in [0.15, 0.2) is 4.90 Å². The van der Waals surface area contributed by atoms with Crippen LogP contribution in [0.2, 0.25) is 0 Å². The van der Waals surface area contributed by atoms with Gasteiger partial charge in [-0.15, -0.1) is 0 Å². The monoisotopic (exact) mass is 287 g/mol. The Bertz CT molecular complexity index is 631. The van der Waals surface area contributed by atoms with Crippen LogP contribution in [0.1, 0.15) is 12.0 Å². The summed E-state index contributed by atoms with van der Waals surface area (Å²) in [7, 11) is -4.26. The van der Waals surface area contributed by atoms with Gasteiger partial charge in [-0.3, -0.25) is 0 Å². The number of hydrogen-bond acceptors (Lipinski definition) is 4. The van der Waals surface area contributed by atoms with Gasteiger partial charge in [0.2, 0.25) is 10.0 Å². The third kappa shape index (κ3) is 2.45. The summed E-state index contributed by atoms with van der Waals surface area (Å²) in [5, 5.41) is 8.57. The molecule has 1 aliphatic heterocycles. The van der Waals surface area contributed by atoms with Crippen molar-refractivity contribution in [1.82, 2.24) is 4.31 Å². The van der Waals surface area contributed by atoms with Gasteiger partial charge in [-0.25, -0.2) is 17.2 Å². The zero-order chi connectivity index (χ0) is 14.2. The van der Waals surface area contributed by atoms with E-state index in [9.17, 15) is 17.2 Å². The number of benzene rings is 1. The number of nitrogens with two attached hydrogens (primary N) is 1. The summed E-state index contributed by atoms with van der Waals surface area (Å²) in [5.41, 5.74) is 5.31. The fourth-order valence-electron chi connectivity index (χ4n) is 1.97. The average molecular weight is 287 g/mol. The van der Waals surface area contributed by atoms with E-state index in [1.807, 2.05) is 0 Å². The third-order valence-corrected chi connectivity index (χ3v) is 4.83. The maximum atomic E-state index is 13.7. The Kier molecular flexibility index (Phi) is 3.54. The van der Waals surface area contributed by atoms with Gasteiger partial charge in [0.25, 0.3) is 0 Å². The molecule has 0 amide bonds. The standard InChI is InChI=1S/C11H11F2N3O2S/c12-9-3-7(5-14)4-10(13)11(9)19(17,18)16-2-1-8(15)6-16/h3-4,8H,1-2,6,15H2/t8-/m1/s1. The van der Waals surface area contributed by atoms with Gasteiger partial charge in [0.05, 0.1) is 11.6 Å². The van der Waals surface area contributed by atoms with E-state index < -0.39 is 26.6 Å². The molecule has 1 fully saturated rings. The molecule has 2 rings (SSSR count). The van der Waals surface area contributed by atoms with Gasteiger partial charge in [0, 0.05) is 19.1 Å². The quantitative estimate of drug-likeness (QED) is 0.861. The van der Waals surface area contributed by atoms with Gasteiger partial charge in [0.1, 0.15) is 11.6 Å². The molecule has 2 N–H and O–H groups in total. The summed E-state index contributed by atoms with van der Waals surface area (Å²) in [6.45, 7) is 0.156.